The molecule has 0 saturated carbocycles. The Hall–Kier alpha value is -1.43. The summed E-state index contributed by atoms with van der Waals surface area (Å²) in [5.74, 6) is 2.22. The van der Waals surface area contributed by atoms with E-state index in [0.717, 1.165) is 11.5 Å². The Morgan fingerprint density at radius 1 is 0.824 bits per heavy atom. The second kappa shape index (κ2) is 12.0. The third-order valence-electron chi connectivity index (χ3n) is 7.15. The van der Waals surface area contributed by atoms with E-state index in [4.69, 9.17) is 26.5 Å². The summed E-state index contributed by atoms with van der Waals surface area (Å²) < 4.78 is 17.9. The first-order valence-electron chi connectivity index (χ1n) is 12.6. The van der Waals surface area contributed by atoms with E-state index < -0.39 is 8.32 Å². The Kier molecular flexibility index (Phi) is 10.2. The number of hydrogen-bond donors (Lipinski definition) is 1. The molecule has 0 fully saturated rings. The molecule has 1 atom stereocenters. The first-order valence-corrected chi connectivity index (χ1v) is 15.3. The van der Waals surface area contributed by atoms with Gasteiger partial charge in [-0.1, -0.05) is 67.5 Å². The lowest BCUT2D eigenvalue weighted by molar-refractivity contribution is 0.0502. The number of aryl methyl sites for hydroxylation is 2. The van der Waals surface area contributed by atoms with Crippen LogP contribution in [0.4, 0.5) is 0 Å². The third-order valence-corrected chi connectivity index (χ3v) is 13.7. The van der Waals surface area contributed by atoms with E-state index in [1.165, 1.54) is 27.8 Å². The van der Waals surface area contributed by atoms with Crippen LogP contribution in [-0.2, 0) is 4.74 Å². The van der Waals surface area contributed by atoms with Gasteiger partial charge in [0.15, 0.2) is 6.79 Å². The van der Waals surface area contributed by atoms with Gasteiger partial charge in [0.25, 0.3) is 8.32 Å². The number of methoxy groups -OCH3 is 1. The molecular formula is C29H46O3SSi. The highest BCUT2D eigenvalue weighted by molar-refractivity contribution is 7.80. The Morgan fingerprint density at radius 2 is 1.35 bits per heavy atom. The van der Waals surface area contributed by atoms with E-state index in [-0.39, 0.29) is 12.0 Å². The molecule has 0 saturated heterocycles. The van der Waals surface area contributed by atoms with Gasteiger partial charge in [-0.05, 0) is 82.4 Å². The number of rotatable bonds is 11. The van der Waals surface area contributed by atoms with Gasteiger partial charge in [-0.3, -0.25) is 0 Å². The first-order chi connectivity index (χ1) is 15.9. The standard InChI is InChI=1S/C29H46O3SSi/c1-18(2)26-16-24(12-13-27(26)31-17-30-11)29(33)28-22(9)14-25(15-23(28)10)32-34(19(3)4,20(5)6)21(7)8/h12-16,18-21,29,33H,17H2,1-11H3. The molecule has 0 aliphatic heterocycles. The van der Waals surface area contributed by atoms with Crippen LogP contribution < -0.4 is 9.16 Å². The third kappa shape index (κ3) is 6.03. The Bertz CT molecular complexity index is 908. The fourth-order valence-electron chi connectivity index (χ4n) is 5.59. The van der Waals surface area contributed by atoms with E-state index in [0.29, 0.717) is 22.5 Å². The van der Waals surface area contributed by atoms with Crippen LogP contribution in [0.1, 0.15) is 94.4 Å². The maximum atomic E-state index is 6.98. The molecule has 0 spiro atoms. The van der Waals surface area contributed by atoms with Crippen molar-refractivity contribution in [3.63, 3.8) is 0 Å². The molecule has 0 aromatic heterocycles. The van der Waals surface area contributed by atoms with Gasteiger partial charge in [0.05, 0.1) is 5.25 Å². The van der Waals surface area contributed by atoms with Gasteiger partial charge in [-0.15, -0.1) is 0 Å². The molecule has 5 heteroatoms. The maximum Gasteiger partial charge on any atom is 0.258 e. The van der Waals surface area contributed by atoms with Crippen molar-refractivity contribution in [2.24, 2.45) is 0 Å². The van der Waals surface area contributed by atoms with E-state index >= 15 is 0 Å². The fourth-order valence-corrected chi connectivity index (χ4v) is 11.4. The minimum absolute atomic E-state index is 0.0228. The fraction of sp³-hybridized carbons (Fsp3) is 0.586. The molecule has 1 unspecified atom stereocenters. The zero-order chi connectivity index (χ0) is 25.8. The van der Waals surface area contributed by atoms with E-state index in [1.807, 2.05) is 6.07 Å². The van der Waals surface area contributed by atoms with Gasteiger partial charge >= 0.3 is 0 Å². The Morgan fingerprint density at radius 3 is 1.79 bits per heavy atom. The summed E-state index contributed by atoms with van der Waals surface area (Å²) >= 11 is 5.09. The van der Waals surface area contributed by atoms with Crippen LogP contribution in [0.5, 0.6) is 11.5 Å². The van der Waals surface area contributed by atoms with Gasteiger partial charge in [0.2, 0.25) is 0 Å². The highest BCUT2D eigenvalue weighted by atomic mass is 32.1. The Balaban J connectivity index is 2.46. The monoisotopic (exact) mass is 502 g/mol. The van der Waals surface area contributed by atoms with Crippen molar-refractivity contribution in [3.05, 3.63) is 58.1 Å². The van der Waals surface area contributed by atoms with E-state index in [9.17, 15) is 0 Å². The molecule has 0 amide bonds. The van der Waals surface area contributed by atoms with Crippen molar-refractivity contribution in [1.82, 2.24) is 0 Å². The molecule has 2 rings (SSSR count). The average molecular weight is 503 g/mol. The smallest absolute Gasteiger partial charge is 0.258 e. The van der Waals surface area contributed by atoms with Crippen molar-refractivity contribution < 1.29 is 13.9 Å². The molecule has 0 N–H and O–H groups in total. The molecule has 2 aromatic carbocycles. The summed E-state index contributed by atoms with van der Waals surface area (Å²) in [5, 5.41) is -0.0228. The van der Waals surface area contributed by atoms with Gasteiger partial charge < -0.3 is 13.9 Å². The van der Waals surface area contributed by atoms with Crippen molar-refractivity contribution >= 4 is 20.9 Å². The lowest BCUT2D eigenvalue weighted by Gasteiger charge is -2.42. The summed E-state index contributed by atoms with van der Waals surface area (Å²) in [6.45, 7) is 23.0. The Labute approximate surface area is 215 Å². The summed E-state index contributed by atoms with van der Waals surface area (Å²) in [4.78, 5) is 0. The lowest BCUT2D eigenvalue weighted by atomic mass is 9.92. The van der Waals surface area contributed by atoms with Gasteiger partial charge in [-0.2, -0.15) is 12.6 Å². The van der Waals surface area contributed by atoms with Gasteiger partial charge in [0.1, 0.15) is 11.5 Å². The second-order valence-corrected chi connectivity index (χ2v) is 16.7. The van der Waals surface area contributed by atoms with Crippen LogP contribution in [0.3, 0.4) is 0 Å². The zero-order valence-corrected chi connectivity index (χ0v) is 25.0. The quantitative estimate of drug-likeness (QED) is 0.189. The molecule has 0 aliphatic carbocycles. The van der Waals surface area contributed by atoms with Crippen LogP contribution in [0.15, 0.2) is 30.3 Å². The molecule has 34 heavy (non-hydrogen) atoms. The number of thiol groups is 1. The normalized spacial score (nSPS) is 13.3. The molecule has 190 valence electrons. The van der Waals surface area contributed by atoms with Crippen LogP contribution >= 0.6 is 12.6 Å². The van der Waals surface area contributed by atoms with Crippen LogP contribution in [-0.4, -0.2) is 22.2 Å². The first kappa shape index (κ1) is 28.8. The molecular weight excluding hydrogens is 456 g/mol. The van der Waals surface area contributed by atoms with Crippen molar-refractivity contribution in [1.29, 1.82) is 0 Å². The summed E-state index contributed by atoms with van der Waals surface area (Å²) in [5.41, 5.74) is 7.66. The van der Waals surface area contributed by atoms with Crippen LogP contribution in [0, 0.1) is 13.8 Å². The molecule has 3 nitrogen and oxygen atoms in total. The number of hydrogen-bond acceptors (Lipinski definition) is 4. The van der Waals surface area contributed by atoms with E-state index in [1.54, 1.807) is 7.11 Å². The molecule has 0 radical (unpaired) electrons. The van der Waals surface area contributed by atoms with Crippen molar-refractivity contribution in [2.75, 3.05) is 13.9 Å². The summed E-state index contributed by atoms with van der Waals surface area (Å²) in [6.07, 6.45) is 0. The average Bonchev–Trinajstić information content (AvgIpc) is 2.74. The second-order valence-electron chi connectivity index (χ2n) is 10.8. The molecule has 2 aromatic rings. The minimum atomic E-state index is -2.00. The van der Waals surface area contributed by atoms with Crippen LogP contribution in [0.25, 0.3) is 0 Å². The number of ether oxygens (including phenoxy) is 2. The van der Waals surface area contributed by atoms with E-state index in [2.05, 4.69) is 93.5 Å². The SMILES string of the molecule is COCOc1ccc(C(S)c2c(C)cc(O[Si](C(C)C)(C(C)C)C(C)C)cc2C)cc1C(C)C. The topological polar surface area (TPSA) is 27.7 Å². The highest BCUT2D eigenvalue weighted by Crippen LogP contribution is 2.44. The predicted octanol–water partition coefficient (Wildman–Crippen LogP) is 8.98. The highest BCUT2D eigenvalue weighted by Gasteiger charge is 2.47. The summed E-state index contributed by atoms with van der Waals surface area (Å²) in [7, 11) is -0.363. The predicted molar refractivity (Wildman–Crippen MR) is 151 cm³/mol. The maximum absolute atomic E-state index is 6.98. The summed E-state index contributed by atoms with van der Waals surface area (Å²) in [6, 6.07) is 10.8. The largest absolute Gasteiger partial charge is 0.543 e. The van der Waals surface area contributed by atoms with Crippen LogP contribution in [0.2, 0.25) is 16.6 Å². The number of benzene rings is 2. The molecule has 0 heterocycles. The van der Waals surface area contributed by atoms with Crippen molar-refractivity contribution in [2.45, 2.75) is 97.0 Å². The van der Waals surface area contributed by atoms with Crippen molar-refractivity contribution in [3.8, 4) is 11.5 Å². The van der Waals surface area contributed by atoms with Gasteiger partial charge in [-0.25, -0.2) is 0 Å². The molecule has 0 bridgehead atoms. The zero-order valence-electron chi connectivity index (χ0n) is 23.2. The molecule has 0 aliphatic rings. The minimum Gasteiger partial charge on any atom is -0.543 e. The van der Waals surface area contributed by atoms with Gasteiger partial charge in [0, 0.05) is 7.11 Å². The lowest BCUT2D eigenvalue weighted by Crippen LogP contribution is -2.50.